The van der Waals surface area contributed by atoms with Crippen LogP contribution in [0.4, 0.5) is 15.3 Å². The zero-order valence-corrected chi connectivity index (χ0v) is 14.5. The highest BCUT2D eigenvalue weighted by Crippen LogP contribution is 2.16. The van der Waals surface area contributed by atoms with Crippen molar-refractivity contribution in [3.05, 3.63) is 59.1 Å². The number of benzene rings is 2. The van der Waals surface area contributed by atoms with Gasteiger partial charge in [0.15, 0.2) is 0 Å². The summed E-state index contributed by atoms with van der Waals surface area (Å²) in [5.74, 6) is 0.338. The predicted molar refractivity (Wildman–Crippen MR) is 96.3 cm³/mol. The molecule has 0 aliphatic rings. The van der Waals surface area contributed by atoms with Crippen molar-refractivity contribution in [2.45, 2.75) is 13.3 Å². The topological polar surface area (TPSA) is 76.7 Å². The minimum Gasteiger partial charge on any atom is -0.434 e. The highest BCUT2D eigenvalue weighted by molar-refractivity contribution is 6.30. The number of halogens is 1. The van der Waals surface area contributed by atoms with Crippen LogP contribution in [0.25, 0.3) is 0 Å². The normalized spacial score (nSPS) is 10.0. The van der Waals surface area contributed by atoms with Crippen LogP contribution in [0.5, 0.6) is 5.75 Å². The largest absolute Gasteiger partial charge is 0.513 e. The number of ether oxygens (including phenoxy) is 2. The maximum absolute atomic E-state index is 11.9. The standard InChI is InChI=1S/C18H19ClN2O4/c1-2-24-18(23)25-16-8-6-15(7-9-16)21-17(22)20-11-10-13-4-3-5-14(19)12-13/h3-9,12H,2,10-11H2,1H3,(H2,20,21,22). The lowest BCUT2D eigenvalue weighted by Crippen LogP contribution is -2.30. The molecule has 0 radical (unpaired) electrons. The SMILES string of the molecule is CCOC(=O)Oc1ccc(NC(=O)NCCc2cccc(Cl)c2)cc1. The summed E-state index contributed by atoms with van der Waals surface area (Å²) in [6.07, 6.45) is -0.0812. The van der Waals surface area contributed by atoms with E-state index in [9.17, 15) is 9.59 Å². The predicted octanol–water partition coefficient (Wildman–Crippen LogP) is 4.24. The van der Waals surface area contributed by atoms with Crippen molar-refractivity contribution in [2.24, 2.45) is 0 Å². The summed E-state index contributed by atoms with van der Waals surface area (Å²) in [5.41, 5.74) is 1.63. The van der Waals surface area contributed by atoms with Crippen LogP contribution in [0.1, 0.15) is 12.5 Å². The number of urea groups is 1. The Hall–Kier alpha value is -2.73. The molecule has 2 aromatic carbocycles. The third kappa shape index (κ3) is 6.73. The number of nitrogens with one attached hydrogen (secondary N) is 2. The van der Waals surface area contributed by atoms with Crippen LogP contribution in [0.3, 0.4) is 0 Å². The molecule has 0 heterocycles. The van der Waals surface area contributed by atoms with Gasteiger partial charge in [0.2, 0.25) is 0 Å². The van der Waals surface area contributed by atoms with E-state index in [1.54, 1.807) is 37.3 Å². The molecular weight excluding hydrogens is 344 g/mol. The fourth-order valence-electron chi connectivity index (χ4n) is 2.04. The van der Waals surface area contributed by atoms with E-state index in [1.807, 2.05) is 18.2 Å². The smallest absolute Gasteiger partial charge is 0.434 e. The van der Waals surface area contributed by atoms with E-state index < -0.39 is 6.16 Å². The molecule has 0 fully saturated rings. The van der Waals surface area contributed by atoms with Crippen molar-refractivity contribution in [3.63, 3.8) is 0 Å². The lowest BCUT2D eigenvalue weighted by molar-refractivity contribution is 0.104. The molecule has 2 amide bonds. The zero-order chi connectivity index (χ0) is 18.1. The molecule has 0 spiro atoms. The molecule has 0 bridgehead atoms. The molecule has 0 saturated heterocycles. The van der Waals surface area contributed by atoms with Crippen molar-refractivity contribution >= 4 is 29.5 Å². The first-order valence-corrected chi connectivity index (χ1v) is 8.18. The highest BCUT2D eigenvalue weighted by atomic mass is 35.5. The fraction of sp³-hybridized carbons (Fsp3) is 0.222. The molecule has 0 aromatic heterocycles. The zero-order valence-electron chi connectivity index (χ0n) is 13.8. The van der Waals surface area contributed by atoms with Crippen LogP contribution in [0, 0.1) is 0 Å². The second-order valence-corrected chi connectivity index (χ2v) is 5.51. The van der Waals surface area contributed by atoms with Crippen LogP contribution in [0.15, 0.2) is 48.5 Å². The molecule has 2 aromatic rings. The summed E-state index contributed by atoms with van der Waals surface area (Å²) in [6.45, 7) is 2.42. The van der Waals surface area contributed by atoms with Crippen molar-refractivity contribution in [3.8, 4) is 5.75 Å². The average molecular weight is 363 g/mol. The summed E-state index contributed by atoms with van der Waals surface area (Å²) in [6, 6.07) is 13.6. The number of hydrogen-bond acceptors (Lipinski definition) is 4. The molecule has 132 valence electrons. The van der Waals surface area contributed by atoms with Gasteiger partial charge in [0.05, 0.1) is 6.61 Å². The molecule has 2 N–H and O–H groups in total. The second kappa shape index (κ2) is 9.54. The number of hydrogen-bond donors (Lipinski definition) is 2. The summed E-state index contributed by atoms with van der Waals surface area (Å²) in [5, 5.41) is 6.13. The fourth-order valence-corrected chi connectivity index (χ4v) is 2.25. The van der Waals surface area contributed by atoms with Gasteiger partial charge in [0.1, 0.15) is 5.75 Å². The van der Waals surface area contributed by atoms with Crippen molar-refractivity contribution in [1.82, 2.24) is 5.32 Å². The van der Waals surface area contributed by atoms with Gasteiger partial charge in [-0.1, -0.05) is 23.7 Å². The Labute approximate surface area is 151 Å². The third-order valence-corrected chi connectivity index (χ3v) is 3.40. The average Bonchev–Trinajstić information content (AvgIpc) is 2.57. The lowest BCUT2D eigenvalue weighted by Gasteiger charge is -2.09. The van der Waals surface area contributed by atoms with Crippen molar-refractivity contribution in [2.75, 3.05) is 18.5 Å². The van der Waals surface area contributed by atoms with Crippen LogP contribution in [-0.4, -0.2) is 25.3 Å². The molecule has 0 aliphatic carbocycles. The molecule has 0 unspecified atom stereocenters. The van der Waals surface area contributed by atoms with Crippen LogP contribution in [0.2, 0.25) is 5.02 Å². The third-order valence-electron chi connectivity index (χ3n) is 3.16. The van der Waals surface area contributed by atoms with Gasteiger partial charge in [-0.15, -0.1) is 0 Å². The minimum absolute atomic E-state index is 0.244. The second-order valence-electron chi connectivity index (χ2n) is 5.07. The number of carbonyl (C=O) groups excluding carboxylic acids is 2. The number of rotatable bonds is 6. The molecule has 0 aliphatic heterocycles. The van der Waals surface area contributed by atoms with E-state index in [0.717, 1.165) is 5.56 Å². The Kier molecular flexibility index (Phi) is 7.10. The summed E-state index contributed by atoms with van der Waals surface area (Å²) >= 11 is 5.92. The Bertz CT molecular complexity index is 719. The monoisotopic (exact) mass is 362 g/mol. The van der Waals surface area contributed by atoms with Crippen molar-refractivity contribution < 1.29 is 19.1 Å². The van der Waals surface area contributed by atoms with Gasteiger partial charge in [-0.3, -0.25) is 0 Å². The van der Waals surface area contributed by atoms with Gasteiger partial charge < -0.3 is 20.1 Å². The van der Waals surface area contributed by atoms with Crippen molar-refractivity contribution in [1.29, 1.82) is 0 Å². The molecule has 0 atom stereocenters. The summed E-state index contributed by atoms with van der Waals surface area (Å²) < 4.78 is 9.62. The molecule has 6 nitrogen and oxygen atoms in total. The maximum Gasteiger partial charge on any atom is 0.513 e. The highest BCUT2D eigenvalue weighted by Gasteiger charge is 2.06. The van der Waals surface area contributed by atoms with E-state index in [2.05, 4.69) is 15.4 Å². The first-order valence-electron chi connectivity index (χ1n) is 7.81. The summed E-state index contributed by atoms with van der Waals surface area (Å²) in [7, 11) is 0. The van der Waals surface area contributed by atoms with E-state index in [-0.39, 0.29) is 12.6 Å². The van der Waals surface area contributed by atoms with Crippen LogP contribution < -0.4 is 15.4 Å². The number of amides is 2. The molecular formula is C18H19ClN2O4. The van der Waals surface area contributed by atoms with Gasteiger partial charge in [-0.2, -0.15) is 0 Å². The number of anilines is 1. The van der Waals surface area contributed by atoms with E-state index in [4.69, 9.17) is 16.3 Å². The van der Waals surface area contributed by atoms with Gasteiger partial charge in [0, 0.05) is 17.3 Å². The minimum atomic E-state index is -0.762. The van der Waals surface area contributed by atoms with Crippen LogP contribution in [-0.2, 0) is 11.2 Å². The molecule has 25 heavy (non-hydrogen) atoms. The number of carbonyl (C=O) groups is 2. The Morgan fingerprint density at radius 2 is 1.88 bits per heavy atom. The Morgan fingerprint density at radius 3 is 2.56 bits per heavy atom. The van der Waals surface area contributed by atoms with E-state index in [0.29, 0.717) is 29.4 Å². The molecule has 0 saturated carbocycles. The van der Waals surface area contributed by atoms with E-state index in [1.165, 1.54) is 0 Å². The van der Waals surface area contributed by atoms with Gasteiger partial charge >= 0.3 is 12.2 Å². The molecule has 2 rings (SSSR count). The van der Waals surface area contributed by atoms with Gasteiger partial charge in [0.25, 0.3) is 0 Å². The Morgan fingerprint density at radius 1 is 1.12 bits per heavy atom. The first kappa shape index (κ1) is 18.6. The van der Waals surface area contributed by atoms with E-state index >= 15 is 0 Å². The quantitative estimate of drug-likeness (QED) is 0.595. The maximum atomic E-state index is 11.9. The lowest BCUT2D eigenvalue weighted by atomic mass is 10.1. The molecule has 7 heteroatoms. The first-order chi connectivity index (χ1) is 12.1. The van der Waals surface area contributed by atoms with Gasteiger partial charge in [-0.25, -0.2) is 9.59 Å². The Balaban J connectivity index is 1.75. The summed E-state index contributed by atoms with van der Waals surface area (Å²) in [4.78, 5) is 23.1. The van der Waals surface area contributed by atoms with Crippen LogP contribution >= 0.6 is 11.6 Å². The van der Waals surface area contributed by atoms with Gasteiger partial charge in [-0.05, 0) is 55.3 Å².